The number of aliphatic hydroxyl groups is 5. The predicted molar refractivity (Wildman–Crippen MR) is 268 cm³/mol. The van der Waals surface area contributed by atoms with Gasteiger partial charge in [0.15, 0.2) is 36.3 Å². The summed E-state index contributed by atoms with van der Waals surface area (Å²) in [5, 5.41) is 76.5. The van der Waals surface area contributed by atoms with Crippen molar-refractivity contribution in [1.82, 2.24) is 0 Å². The van der Waals surface area contributed by atoms with E-state index in [-0.39, 0.29) is 65.8 Å². The van der Waals surface area contributed by atoms with Gasteiger partial charge >= 0.3 is 17.9 Å². The Morgan fingerprint density at radius 3 is 2.18 bits per heavy atom. The van der Waals surface area contributed by atoms with E-state index in [1.807, 2.05) is 46.8 Å². The number of phenols is 2. The Labute approximate surface area is 433 Å². The standard InChI is InChI=1S/C53H76Cl2O17/c1-13-32-23-27(6)35(57)18-16-15-17-33(24-66-51-29(8)41(59)47(31(10)67-51)70-50(65)38-34(14-2)39(54)43(61)40(55)42(38)60)49(64)68-36(30(9)56)20-19-26(5)22-28(7)46(32)71-52-45(63)44(62)48(53(11,12)72-52)69-37(58)21-25(3)4/h15-17,19,22-23,25,29-32,35-36,41,44-48,51-52,56-57,59-63H,13-14,18,20-21,24H2,1-12H3/b16-15+,26-19+,27-23+,28-22+,33-17+. The lowest BCUT2D eigenvalue weighted by molar-refractivity contribution is -0.333. The molecule has 4 rings (SSSR count). The maximum atomic E-state index is 13.9. The van der Waals surface area contributed by atoms with Gasteiger partial charge in [-0.15, -0.1) is 0 Å². The number of benzene rings is 1. The molecule has 17 nitrogen and oxygen atoms in total. The molecule has 2 saturated heterocycles. The van der Waals surface area contributed by atoms with E-state index in [1.165, 1.54) is 19.9 Å². The summed E-state index contributed by atoms with van der Waals surface area (Å²) in [6.45, 7) is 20.3. The molecule has 0 amide bonds. The monoisotopic (exact) mass is 1050 g/mol. The average Bonchev–Trinajstić information content (AvgIpc) is 3.31. The van der Waals surface area contributed by atoms with Crippen molar-refractivity contribution in [3.8, 4) is 11.5 Å². The number of esters is 3. The Hall–Kier alpha value is -3.85. The van der Waals surface area contributed by atoms with Crippen LogP contribution < -0.4 is 0 Å². The maximum absolute atomic E-state index is 13.9. The normalized spacial score (nSPS) is 34.8. The predicted octanol–water partition coefficient (Wildman–Crippen LogP) is 7.25. The zero-order valence-corrected chi connectivity index (χ0v) is 44.8. The fraction of sp³-hybridized carbons (Fsp3) is 0.642. The largest absolute Gasteiger partial charge is 0.505 e. The Bertz CT molecular complexity index is 2210. The van der Waals surface area contributed by atoms with Gasteiger partial charge in [0, 0.05) is 24.7 Å². The van der Waals surface area contributed by atoms with E-state index in [4.69, 9.17) is 56.4 Å². The van der Waals surface area contributed by atoms with Gasteiger partial charge in [0.1, 0.15) is 40.6 Å². The highest BCUT2D eigenvalue weighted by Gasteiger charge is 2.53. The highest BCUT2D eigenvalue weighted by Crippen LogP contribution is 2.45. The minimum atomic E-state index is -1.60. The molecule has 0 aromatic heterocycles. The van der Waals surface area contributed by atoms with E-state index >= 15 is 0 Å². The topological polar surface area (TPSA) is 257 Å². The summed E-state index contributed by atoms with van der Waals surface area (Å²) >= 11 is 12.3. The SMILES string of the molecule is CCc1c(Cl)c(O)c(Cl)c(O)c1C(=O)OC1C(C)OC(OC/C2=C\C=C\CC(O)/C(C)=C/C(CC)C(OC3OC(C)(C)C(OC(=O)CC(C)C)C(O)C3O)/C(C)=C/C(C)=C/CC(C(C)O)OC2=O)C(C)C1O. The van der Waals surface area contributed by atoms with Crippen LogP contribution in [0, 0.1) is 17.8 Å². The first kappa shape index (κ1) is 60.7. The van der Waals surface area contributed by atoms with Crippen LogP contribution in [0.3, 0.4) is 0 Å². The van der Waals surface area contributed by atoms with Crippen molar-refractivity contribution in [3.63, 3.8) is 0 Å². The number of hydrogen-bond acceptors (Lipinski definition) is 17. The first-order chi connectivity index (χ1) is 33.6. The van der Waals surface area contributed by atoms with Crippen LogP contribution in [-0.4, -0.2) is 139 Å². The number of carbonyl (C=O) groups excluding carboxylic acids is 3. The number of hydrogen-bond donors (Lipinski definition) is 7. The number of cyclic esters (lactones) is 1. The van der Waals surface area contributed by atoms with E-state index in [2.05, 4.69) is 0 Å². The van der Waals surface area contributed by atoms with Gasteiger partial charge in [-0.1, -0.05) is 93.8 Å². The molecule has 1 aromatic rings. The number of aromatic hydroxyl groups is 2. The van der Waals surface area contributed by atoms with E-state index in [0.29, 0.717) is 23.1 Å². The van der Waals surface area contributed by atoms with E-state index < -0.39 is 120 Å². The summed E-state index contributed by atoms with van der Waals surface area (Å²) in [5.41, 5.74) is 0.478. The van der Waals surface area contributed by atoms with Crippen LogP contribution in [-0.2, 0) is 49.2 Å². The first-order valence-electron chi connectivity index (χ1n) is 24.6. The lowest BCUT2D eigenvalue weighted by Gasteiger charge is -2.47. The molecule has 14 atom stereocenters. The van der Waals surface area contributed by atoms with Crippen LogP contribution >= 0.6 is 23.2 Å². The molecule has 404 valence electrons. The van der Waals surface area contributed by atoms with Crippen LogP contribution in [0.15, 0.2) is 58.7 Å². The second-order valence-corrected chi connectivity index (χ2v) is 20.8. The third-order valence-corrected chi connectivity index (χ3v) is 14.0. The smallest absolute Gasteiger partial charge is 0.342 e. The van der Waals surface area contributed by atoms with Gasteiger partial charge in [-0.3, -0.25) is 4.79 Å². The zero-order valence-electron chi connectivity index (χ0n) is 43.3. The summed E-state index contributed by atoms with van der Waals surface area (Å²) < 4.78 is 42.2. The number of allylic oxidation sites excluding steroid dienone is 4. The number of carbonyl (C=O) groups is 3. The second kappa shape index (κ2) is 26.6. The molecule has 0 radical (unpaired) electrons. The minimum absolute atomic E-state index is 0.0119. The Balaban J connectivity index is 1.58. The lowest BCUT2D eigenvalue weighted by atomic mass is 9.88. The Kier molecular flexibility index (Phi) is 22.4. The van der Waals surface area contributed by atoms with E-state index in [1.54, 1.807) is 52.8 Å². The molecule has 7 N–H and O–H groups in total. The number of rotatable bonds is 13. The fourth-order valence-corrected chi connectivity index (χ4v) is 9.39. The molecule has 0 saturated carbocycles. The molecule has 3 aliphatic rings. The minimum Gasteiger partial charge on any atom is -0.505 e. The van der Waals surface area contributed by atoms with Gasteiger partial charge in [-0.2, -0.15) is 0 Å². The summed E-state index contributed by atoms with van der Waals surface area (Å²) in [6.07, 6.45) is -3.13. The van der Waals surface area contributed by atoms with Crippen LogP contribution in [0.1, 0.15) is 125 Å². The molecule has 0 spiro atoms. The van der Waals surface area contributed by atoms with Gasteiger partial charge in [0.2, 0.25) is 0 Å². The third kappa shape index (κ3) is 15.1. The Morgan fingerprint density at radius 2 is 1.57 bits per heavy atom. The quantitative estimate of drug-likeness (QED) is 0.0583. The number of aliphatic hydroxyl groups excluding tert-OH is 5. The summed E-state index contributed by atoms with van der Waals surface area (Å²) in [7, 11) is 0. The summed E-state index contributed by atoms with van der Waals surface area (Å²) in [4.78, 5) is 40.0. The fourth-order valence-electron chi connectivity index (χ4n) is 8.83. The summed E-state index contributed by atoms with van der Waals surface area (Å²) in [6, 6.07) is 0. The molecule has 19 heteroatoms. The van der Waals surface area contributed by atoms with Crippen molar-refractivity contribution in [3.05, 3.63) is 79.9 Å². The van der Waals surface area contributed by atoms with Gasteiger partial charge in [-0.25, -0.2) is 9.59 Å². The molecule has 0 bridgehead atoms. The summed E-state index contributed by atoms with van der Waals surface area (Å²) in [5.74, 6) is -4.95. The molecule has 3 aliphatic heterocycles. The second-order valence-electron chi connectivity index (χ2n) is 20.0. The van der Waals surface area contributed by atoms with Crippen LogP contribution in [0.25, 0.3) is 0 Å². The van der Waals surface area contributed by atoms with Crippen molar-refractivity contribution >= 4 is 41.1 Å². The molecule has 2 fully saturated rings. The highest BCUT2D eigenvalue weighted by atomic mass is 35.5. The highest BCUT2D eigenvalue weighted by molar-refractivity contribution is 6.39. The molecular weight excluding hydrogens is 979 g/mol. The number of ether oxygens (including phenoxy) is 7. The molecule has 14 unspecified atom stereocenters. The zero-order chi connectivity index (χ0) is 54.1. The van der Waals surface area contributed by atoms with Gasteiger partial charge < -0.3 is 68.9 Å². The van der Waals surface area contributed by atoms with E-state index in [9.17, 15) is 50.1 Å². The van der Waals surface area contributed by atoms with Gasteiger partial charge in [0.25, 0.3) is 0 Å². The van der Waals surface area contributed by atoms with E-state index in [0.717, 1.165) is 0 Å². The lowest BCUT2D eigenvalue weighted by Crippen LogP contribution is -2.64. The van der Waals surface area contributed by atoms with Crippen molar-refractivity contribution in [1.29, 1.82) is 0 Å². The molecule has 1 aromatic carbocycles. The third-order valence-electron chi connectivity index (χ3n) is 13.2. The number of phenolic OH excluding ortho intramolecular Hbond substituents is 2. The van der Waals surface area contributed by atoms with Crippen molar-refractivity contribution in [2.24, 2.45) is 17.8 Å². The molecular formula is C53H76Cl2O17. The number of halogens is 2. The molecule has 72 heavy (non-hydrogen) atoms. The van der Waals surface area contributed by atoms with Crippen molar-refractivity contribution in [2.45, 2.75) is 194 Å². The van der Waals surface area contributed by atoms with Crippen LogP contribution in [0.4, 0.5) is 0 Å². The van der Waals surface area contributed by atoms with Crippen molar-refractivity contribution < 1.29 is 83.3 Å². The van der Waals surface area contributed by atoms with Crippen molar-refractivity contribution in [2.75, 3.05) is 6.61 Å². The van der Waals surface area contributed by atoms with Gasteiger partial charge in [0.05, 0.1) is 41.6 Å². The maximum Gasteiger partial charge on any atom is 0.342 e. The van der Waals surface area contributed by atoms with Gasteiger partial charge in [-0.05, 0) is 96.4 Å². The average molecular weight is 1060 g/mol. The van der Waals surface area contributed by atoms with Crippen LogP contribution in [0.5, 0.6) is 11.5 Å². The molecule has 0 aliphatic carbocycles. The molecule has 3 heterocycles. The first-order valence-corrected chi connectivity index (χ1v) is 25.3. The Morgan fingerprint density at radius 1 is 0.903 bits per heavy atom. The van der Waals surface area contributed by atoms with Crippen LogP contribution in [0.2, 0.25) is 10.0 Å².